The molecule has 0 saturated heterocycles. The van der Waals surface area contributed by atoms with Crippen LogP contribution in [0.4, 0.5) is 0 Å². The molecular weight excluding hydrogens is 312 g/mol. The SMILES string of the molecule is CCC(N)(CC)CNC(=O)c1nn(-c2ccc(C)cc2)c2c1CCC2. The van der Waals surface area contributed by atoms with Gasteiger partial charge in [0.25, 0.3) is 5.91 Å². The lowest BCUT2D eigenvalue weighted by Crippen LogP contribution is -2.49. The third-order valence-corrected chi connectivity index (χ3v) is 5.43. The minimum atomic E-state index is -0.349. The molecular formula is C20H28N4O. The average Bonchev–Trinajstić information content (AvgIpc) is 3.23. The lowest BCUT2D eigenvalue weighted by atomic mass is 9.94. The second-order valence-corrected chi connectivity index (χ2v) is 7.13. The van der Waals surface area contributed by atoms with Gasteiger partial charge in [-0.15, -0.1) is 0 Å². The van der Waals surface area contributed by atoms with Crippen LogP contribution < -0.4 is 11.1 Å². The van der Waals surface area contributed by atoms with Gasteiger partial charge < -0.3 is 11.1 Å². The summed E-state index contributed by atoms with van der Waals surface area (Å²) in [5.41, 5.74) is 11.0. The Morgan fingerprint density at radius 1 is 1.24 bits per heavy atom. The molecule has 3 N–H and O–H groups in total. The van der Waals surface area contributed by atoms with Crippen LogP contribution in [0.5, 0.6) is 0 Å². The monoisotopic (exact) mass is 340 g/mol. The number of hydrogen-bond acceptors (Lipinski definition) is 3. The van der Waals surface area contributed by atoms with E-state index in [0.29, 0.717) is 12.2 Å². The van der Waals surface area contributed by atoms with Crippen LogP contribution in [0.1, 0.15) is 60.4 Å². The van der Waals surface area contributed by atoms with Gasteiger partial charge in [0.05, 0.1) is 5.69 Å². The van der Waals surface area contributed by atoms with Crippen LogP contribution >= 0.6 is 0 Å². The molecule has 0 unspecified atom stereocenters. The number of carbonyl (C=O) groups excluding carboxylic acids is 1. The Morgan fingerprint density at radius 2 is 1.92 bits per heavy atom. The van der Waals surface area contributed by atoms with E-state index in [0.717, 1.165) is 43.4 Å². The number of nitrogens with one attached hydrogen (secondary N) is 1. The maximum absolute atomic E-state index is 12.7. The fourth-order valence-electron chi connectivity index (χ4n) is 3.36. The van der Waals surface area contributed by atoms with Crippen molar-refractivity contribution in [1.29, 1.82) is 0 Å². The zero-order valence-corrected chi connectivity index (χ0v) is 15.4. The van der Waals surface area contributed by atoms with Crippen molar-refractivity contribution in [3.63, 3.8) is 0 Å². The highest BCUT2D eigenvalue weighted by atomic mass is 16.2. The fraction of sp³-hybridized carbons (Fsp3) is 0.500. The zero-order valence-electron chi connectivity index (χ0n) is 15.4. The second kappa shape index (κ2) is 7.00. The molecule has 0 saturated carbocycles. The molecule has 5 nitrogen and oxygen atoms in total. The van der Waals surface area contributed by atoms with Crippen molar-refractivity contribution in [1.82, 2.24) is 15.1 Å². The predicted octanol–water partition coefficient (Wildman–Crippen LogP) is 2.92. The van der Waals surface area contributed by atoms with E-state index in [1.807, 2.05) is 4.68 Å². The van der Waals surface area contributed by atoms with Crippen molar-refractivity contribution >= 4 is 5.91 Å². The Balaban J connectivity index is 1.86. The number of rotatable bonds is 6. The Hall–Kier alpha value is -2.14. The van der Waals surface area contributed by atoms with E-state index < -0.39 is 0 Å². The molecule has 2 aromatic rings. The van der Waals surface area contributed by atoms with Crippen molar-refractivity contribution in [3.05, 3.63) is 46.8 Å². The summed E-state index contributed by atoms with van der Waals surface area (Å²) in [6, 6.07) is 8.26. The Kier molecular flexibility index (Phi) is 4.95. The highest BCUT2D eigenvalue weighted by molar-refractivity contribution is 5.94. The highest BCUT2D eigenvalue weighted by Crippen LogP contribution is 2.28. The Morgan fingerprint density at radius 3 is 2.56 bits per heavy atom. The van der Waals surface area contributed by atoms with Gasteiger partial charge in [-0.3, -0.25) is 4.79 Å². The van der Waals surface area contributed by atoms with Crippen LogP contribution in [0.2, 0.25) is 0 Å². The van der Waals surface area contributed by atoms with Crippen LogP contribution in [0.15, 0.2) is 24.3 Å². The lowest BCUT2D eigenvalue weighted by molar-refractivity contribution is 0.0936. The number of hydrogen-bond donors (Lipinski definition) is 2. The maximum atomic E-state index is 12.7. The number of nitrogens with two attached hydrogens (primary N) is 1. The van der Waals surface area contributed by atoms with Crippen LogP contribution in [0.25, 0.3) is 5.69 Å². The first-order valence-electron chi connectivity index (χ1n) is 9.22. The molecule has 0 atom stereocenters. The summed E-state index contributed by atoms with van der Waals surface area (Å²) in [4.78, 5) is 12.7. The first-order valence-corrected chi connectivity index (χ1v) is 9.22. The summed E-state index contributed by atoms with van der Waals surface area (Å²) in [5.74, 6) is -0.110. The number of benzene rings is 1. The molecule has 1 amide bonds. The maximum Gasteiger partial charge on any atom is 0.272 e. The molecule has 1 aliphatic rings. The Bertz CT molecular complexity index is 757. The van der Waals surface area contributed by atoms with Crippen LogP contribution in [-0.2, 0) is 12.8 Å². The molecule has 1 aliphatic carbocycles. The standard InChI is InChI=1S/C20H28N4O/c1-4-20(21,5-2)13-22-19(25)18-16-7-6-8-17(16)24(23-18)15-11-9-14(3)10-12-15/h9-12H,4-8,13,21H2,1-3H3,(H,22,25). The summed E-state index contributed by atoms with van der Waals surface area (Å²) in [6.07, 6.45) is 4.62. The molecule has 1 heterocycles. The summed E-state index contributed by atoms with van der Waals surface area (Å²) in [5, 5.41) is 7.65. The zero-order chi connectivity index (χ0) is 18.0. The number of aromatic nitrogens is 2. The molecule has 0 bridgehead atoms. The number of nitrogens with zero attached hydrogens (tertiary/aromatic N) is 2. The van der Waals surface area contributed by atoms with E-state index in [1.165, 1.54) is 11.3 Å². The molecule has 1 aromatic heterocycles. The van der Waals surface area contributed by atoms with E-state index in [4.69, 9.17) is 5.73 Å². The molecule has 134 valence electrons. The molecule has 25 heavy (non-hydrogen) atoms. The number of amides is 1. The van der Waals surface area contributed by atoms with Gasteiger partial charge in [-0.25, -0.2) is 4.68 Å². The van der Waals surface area contributed by atoms with Gasteiger partial charge in [0.15, 0.2) is 5.69 Å². The van der Waals surface area contributed by atoms with Gasteiger partial charge in [0.2, 0.25) is 0 Å². The van der Waals surface area contributed by atoms with Gasteiger partial charge in [0.1, 0.15) is 0 Å². The van der Waals surface area contributed by atoms with E-state index in [-0.39, 0.29) is 11.4 Å². The van der Waals surface area contributed by atoms with Gasteiger partial charge in [-0.05, 0) is 51.2 Å². The van der Waals surface area contributed by atoms with Gasteiger partial charge in [0, 0.05) is 23.3 Å². The van der Waals surface area contributed by atoms with Crippen LogP contribution in [0.3, 0.4) is 0 Å². The first kappa shape index (κ1) is 17.7. The van der Waals surface area contributed by atoms with Crippen molar-refractivity contribution in [3.8, 4) is 5.69 Å². The largest absolute Gasteiger partial charge is 0.349 e. The first-order chi connectivity index (χ1) is 12.0. The quantitative estimate of drug-likeness (QED) is 0.849. The normalized spacial score (nSPS) is 13.8. The fourth-order valence-corrected chi connectivity index (χ4v) is 3.36. The number of fused-ring (bicyclic) bond motifs is 1. The average molecular weight is 340 g/mol. The molecule has 0 radical (unpaired) electrons. The van der Waals surface area contributed by atoms with Gasteiger partial charge in [-0.2, -0.15) is 5.10 Å². The second-order valence-electron chi connectivity index (χ2n) is 7.13. The predicted molar refractivity (Wildman–Crippen MR) is 100 cm³/mol. The van der Waals surface area contributed by atoms with E-state index >= 15 is 0 Å². The smallest absolute Gasteiger partial charge is 0.272 e. The van der Waals surface area contributed by atoms with E-state index in [1.54, 1.807) is 0 Å². The van der Waals surface area contributed by atoms with Crippen molar-refractivity contribution < 1.29 is 4.79 Å². The van der Waals surface area contributed by atoms with Crippen molar-refractivity contribution in [2.24, 2.45) is 5.73 Å². The number of carbonyl (C=O) groups is 1. The summed E-state index contributed by atoms with van der Waals surface area (Å²) < 4.78 is 1.94. The molecule has 1 aromatic carbocycles. The van der Waals surface area contributed by atoms with Gasteiger partial charge >= 0.3 is 0 Å². The highest BCUT2D eigenvalue weighted by Gasteiger charge is 2.28. The van der Waals surface area contributed by atoms with Crippen LogP contribution in [-0.4, -0.2) is 27.8 Å². The third-order valence-electron chi connectivity index (χ3n) is 5.43. The van der Waals surface area contributed by atoms with E-state index in [2.05, 4.69) is 55.5 Å². The lowest BCUT2D eigenvalue weighted by Gasteiger charge is -2.26. The topological polar surface area (TPSA) is 72.9 Å². The van der Waals surface area contributed by atoms with E-state index in [9.17, 15) is 4.79 Å². The van der Waals surface area contributed by atoms with Crippen LogP contribution in [0, 0.1) is 6.92 Å². The van der Waals surface area contributed by atoms with Crippen molar-refractivity contribution in [2.45, 2.75) is 58.4 Å². The van der Waals surface area contributed by atoms with Gasteiger partial charge in [-0.1, -0.05) is 31.5 Å². The molecule has 0 aliphatic heterocycles. The summed E-state index contributed by atoms with van der Waals surface area (Å²) in [7, 11) is 0. The Labute approximate surface area is 149 Å². The minimum Gasteiger partial charge on any atom is -0.349 e. The van der Waals surface area contributed by atoms with Crippen molar-refractivity contribution in [2.75, 3.05) is 6.54 Å². The molecule has 3 rings (SSSR count). The molecule has 5 heteroatoms. The third kappa shape index (κ3) is 3.47. The summed E-state index contributed by atoms with van der Waals surface area (Å²) >= 11 is 0. The molecule has 0 fully saturated rings. The minimum absolute atomic E-state index is 0.110. The summed E-state index contributed by atoms with van der Waals surface area (Å²) in [6.45, 7) is 6.65. The molecule has 0 spiro atoms. The number of aryl methyl sites for hydroxylation is 1.